The minimum absolute atomic E-state index is 0.0130. The van der Waals surface area contributed by atoms with Gasteiger partial charge in [0, 0.05) is 23.4 Å². The van der Waals surface area contributed by atoms with Crippen LogP contribution >= 0.6 is 11.3 Å². The van der Waals surface area contributed by atoms with Crippen LogP contribution in [0.1, 0.15) is 49.7 Å². The summed E-state index contributed by atoms with van der Waals surface area (Å²) in [5.74, 6) is 0.658. The van der Waals surface area contributed by atoms with Crippen LogP contribution in [-0.2, 0) is 16.0 Å². The molecule has 0 saturated carbocycles. The van der Waals surface area contributed by atoms with Crippen molar-refractivity contribution >= 4 is 23.2 Å². The van der Waals surface area contributed by atoms with Gasteiger partial charge in [0.15, 0.2) is 0 Å². The minimum Gasteiger partial charge on any atom is -0.491 e. The van der Waals surface area contributed by atoms with Gasteiger partial charge in [-0.3, -0.25) is 9.59 Å². The molecule has 1 aliphatic rings. The lowest BCUT2D eigenvalue weighted by Crippen LogP contribution is -2.50. The second kappa shape index (κ2) is 9.65. The first kappa shape index (κ1) is 22.3. The summed E-state index contributed by atoms with van der Waals surface area (Å²) in [6.45, 7) is 10.9. The summed E-state index contributed by atoms with van der Waals surface area (Å²) in [5.41, 5.74) is 2.35. The van der Waals surface area contributed by atoms with E-state index < -0.39 is 0 Å². The van der Waals surface area contributed by atoms with E-state index in [9.17, 15) is 9.59 Å². The molecule has 2 aromatic rings. The topological polar surface area (TPSA) is 49.9 Å². The summed E-state index contributed by atoms with van der Waals surface area (Å²) >= 11 is 1.74. The normalized spacial score (nSPS) is 16.0. The maximum atomic E-state index is 13.3. The molecule has 1 atom stereocenters. The molecule has 0 radical (unpaired) electrons. The van der Waals surface area contributed by atoms with Gasteiger partial charge in [-0.2, -0.15) is 0 Å². The molecule has 0 saturated heterocycles. The van der Waals surface area contributed by atoms with Gasteiger partial charge in [0.05, 0.1) is 6.04 Å². The third-order valence-electron chi connectivity index (χ3n) is 5.55. The number of carbonyl (C=O) groups excluding carboxylic acids is 2. The van der Waals surface area contributed by atoms with Crippen LogP contribution in [0.15, 0.2) is 35.7 Å². The standard InChI is InChI=1S/C24H32N2O3S/c1-16(2)24(28)26(17(3)4)14-23(27)25-12-10-22-20(11-13-30-22)21(25)15-29-19-8-6-18(5)7-9-19/h6-9,11,13,16-17,21H,10,12,14-15H2,1-5H3/t21-/m0/s1. The zero-order valence-corrected chi connectivity index (χ0v) is 19.4. The molecular weight excluding hydrogens is 396 g/mol. The molecule has 162 valence electrons. The van der Waals surface area contributed by atoms with E-state index in [2.05, 4.69) is 11.4 Å². The maximum absolute atomic E-state index is 13.3. The molecule has 1 aromatic heterocycles. The highest BCUT2D eigenvalue weighted by Crippen LogP contribution is 2.34. The number of hydrogen-bond acceptors (Lipinski definition) is 4. The summed E-state index contributed by atoms with van der Waals surface area (Å²) in [4.78, 5) is 30.8. The second-order valence-corrected chi connectivity index (χ2v) is 9.49. The highest BCUT2D eigenvalue weighted by Gasteiger charge is 2.34. The molecule has 0 N–H and O–H groups in total. The van der Waals surface area contributed by atoms with Crippen molar-refractivity contribution in [1.82, 2.24) is 9.80 Å². The van der Waals surface area contributed by atoms with Crippen LogP contribution in [0.4, 0.5) is 0 Å². The predicted octanol–water partition coefficient (Wildman–Crippen LogP) is 4.45. The van der Waals surface area contributed by atoms with E-state index in [1.54, 1.807) is 16.2 Å². The van der Waals surface area contributed by atoms with Gasteiger partial charge in [0.25, 0.3) is 0 Å². The monoisotopic (exact) mass is 428 g/mol. The molecule has 0 aliphatic carbocycles. The van der Waals surface area contributed by atoms with Gasteiger partial charge < -0.3 is 14.5 Å². The lowest BCUT2D eigenvalue weighted by Gasteiger charge is -2.38. The number of benzene rings is 1. The second-order valence-electron chi connectivity index (χ2n) is 8.49. The number of aryl methyl sites for hydroxylation is 1. The van der Waals surface area contributed by atoms with Crippen molar-refractivity contribution in [3.05, 3.63) is 51.7 Å². The Labute approximate surface area is 183 Å². The molecule has 3 rings (SSSR count). The first-order valence-corrected chi connectivity index (χ1v) is 11.5. The molecule has 0 fully saturated rings. The summed E-state index contributed by atoms with van der Waals surface area (Å²) < 4.78 is 6.08. The Morgan fingerprint density at radius 2 is 1.87 bits per heavy atom. The fourth-order valence-electron chi connectivity index (χ4n) is 3.77. The Hall–Kier alpha value is -2.34. The molecular formula is C24H32N2O3S. The SMILES string of the molecule is Cc1ccc(OC[C@H]2c3ccsc3CCN2C(=O)CN(C(=O)C(C)C)C(C)C)cc1. The fraction of sp³-hybridized carbons (Fsp3) is 0.500. The number of fused-ring (bicyclic) bond motifs is 1. The number of nitrogens with zero attached hydrogens (tertiary/aromatic N) is 2. The molecule has 30 heavy (non-hydrogen) atoms. The van der Waals surface area contributed by atoms with Crippen LogP contribution < -0.4 is 4.74 Å². The van der Waals surface area contributed by atoms with Gasteiger partial charge in [-0.15, -0.1) is 11.3 Å². The van der Waals surface area contributed by atoms with E-state index in [-0.39, 0.29) is 36.4 Å². The van der Waals surface area contributed by atoms with Crippen LogP contribution in [0.25, 0.3) is 0 Å². The number of thiophene rings is 1. The number of rotatable bonds is 7. The molecule has 5 nitrogen and oxygen atoms in total. The fourth-order valence-corrected chi connectivity index (χ4v) is 4.70. The van der Waals surface area contributed by atoms with Gasteiger partial charge in [0.1, 0.15) is 18.9 Å². The van der Waals surface area contributed by atoms with Crippen molar-refractivity contribution in [2.45, 2.75) is 53.1 Å². The molecule has 2 amide bonds. The van der Waals surface area contributed by atoms with Gasteiger partial charge >= 0.3 is 0 Å². The number of hydrogen-bond donors (Lipinski definition) is 0. The molecule has 0 unspecified atom stereocenters. The highest BCUT2D eigenvalue weighted by molar-refractivity contribution is 7.10. The smallest absolute Gasteiger partial charge is 0.242 e. The molecule has 0 spiro atoms. The summed E-state index contributed by atoms with van der Waals surface area (Å²) in [6.07, 6.45) is 0.847. The summed E-state index contributed by atoms with van der Waals surface area (Å²) in [6, 6.07) is 9.90. The van der Waals surface area contributed by atoms with Crippen LogP contribution in [0, 0.1) is 12.8 Å². The molecule has 1 aliphatic heterocycles. The maximum Gasteiger partial charge on any atom is 0.242 e. The van der Waals surface area contributed by atoms with E-state index in [0.717, 1.165) is 17.7 Å². The molecule has 0 bridgehead atoms. The van der Waals surface area contributed by atoms with E-state index in [1.807, 2.05) is 63.8 Å². The average molecular weight is 429 g/mol. The zero-order chi connectivity index (χ0) is 21.8. The molecule has 6 heteroatoms. The zero-order valence-electron chi connectivity index (χ0n) is 18.6. The van der Waals surface area contributed by atoms with E-state index >= 15 is 0 Å². The average Bonchev–Trinajstić information content (AvgIpc) is 3.19. The van der Waals surface area contributed by atoms with Gasteiger partial charge in [-0.05, 0) is 56.3 Å². The van der Waals surface area contributed by atoms with Gasteiger partial charge in [-0.25, -0.2) is 0 Å². The Kier molecular flexibility index (Phi) is 7.19. The van der Waals surface area contributed by atoms with Crippen molar-refractivity contribution in [3.8, 4) is 5.75 Å². The van der Waals surface area contributed by atoms with Crippen molar-refractivity contribution in [3.63, 3.8) is 0 Å². The summed E-state index contributed by atoms with van der Waals surface area (Å²) in [5, 5.41) is 2.08. The first-order valence-electron chi connectivity index (χ1n) is 10.6. The van der Waals surface area contributed by atoms with E-state index in [0.29, 0.717) is 13.2 Å². The van der Waals surface area contributed by atoms with Gasteiger partial charge in [-0.1, -0.05) is 31.5 Å². The van der Waals surface area contributed by atoms with Crippen molar-refractivity contribution in [1.29, 1.82) is 0 Å². The molecule has 1 aromatic carbocycles. The largest absolute Gasteiger partial charge is 0.491 e. The third kappa shape index (κ3) is 5.04. The highest BCUT2D eigenvalue weighted by atomic mass is 32.1. The number of ether oxygens (including phenoxy) is 1. The Balaban J connectivity index is 1.78. The number of amides is 2. The van der Waals surface area contributed by atoms with Crippen LogP contribution in [0.2, 0.25) is 0 Å². The Morgan fingerprint density at radius 3 is 2.50 bits per heavy atom. The van der Waals surface area contributed by atoms with Crippen molar-refractivity contribution in [2.75, 3.05) is 19.7 Å². The first-order chi connectivity index (χ1) is 14.3. The number of carbonyl (C=O) groups is 2. The van der Waals surface area contributed by atoms with Crippen LogP contribution in [-0.4, -0.2) is 47.4 Å². The van der Waals surface area contributed by atoms with Crippen molar-refractivity contribution in [2.24, 2.45) is 5.92 Å². The van der Waals surface area contributed by atoms with Crippen LogP contribution in [0.3, 0.4) is 0 Å². The lowest BCUT2D eigenvalue weighted by molar-refractivity contribution is -0.145. The molecule has 2 heterocycles. The van der Waals surface area contributed by atoms with Crippen LogP contribution in [0.5, 0.6) is 5.75 Å². The van der Waals surface area contributed by atoms with Gasteiger partial charge in [0.2, 0.25) is 11.8 Å². The predicted molar refractivity (Wildman–Crippen MR) is 121 cm³/mol. The van der Waals surface area contributed by atoms with E-state index in [4.69, 9.17) is 4.74 Å². The third-order valence-corrected chi connectivity index (χ3v) is 6.55. The Bertz CT molecular complexity index is 873. The lowest BCUT2D eigenvalue weighted by atomic mass is 10.00. The quantitative estimate of drug-likeness (QED) is 0.654. The van der Waals surface area contributed by atoms with Crippen molar-refractivity contribution < 1.29 is 14.3 Å². The van der Waals surface area contributed by atoms with E-state index in [1.165, 1.54) is 10.4 Å². The minimum atomic E-state index is -0.142. The Morgan fingerprint density at radius 1 is 1.17 bits per heavy atom. The summed E-state index contributed by atoms with van der Waals surface area (Å²) in [7, 11) is 0.